The molecule has 61 heavy (non-hydrogen) atoms. The summed E-state index contributed by atoms with van der Waals surface area (Å²) in [5.74, 6) is -1.28. The molecule has 2 heterocycles. The normalized spacial score (nSPS) is 17.2. The molecular weight excluding hydrogens is 925 g/mol. The third-order valence-electron chi connectivity index (χ3n) is 9.85. The molecule has 0 amide bonds. The summed E-state index contributed by atoms with van der Waals surface area (Å²) in [6, 6.07) is 10.2. The molecule has 2 aromatic rings. The topological polar surface area (TPSA) is 285 Å². The van der Waals surface area contributed by atoms with Gasteiger partial charge < -0.3 is 4.90 Å². The van der Waals surface area contributed by atoms with Gasteiger partial charge in [-0.2, -0.15) is 35.3 Å². The molecule has 4 rings (SSSR count). The van der Waals surface area contributed by atoms with Gasteiger partial charge in [0.1, 0.15) is 6.54 Å². The number of allylic oxidation sites excluding steroid dienone is 4. The molecule has 0 atom stereocenters. The number of nitrogens with zero attached hydrogens (tertiary/aromatic N) is 2. The first-order valence-corrected chi connectivity index (χ1v) is 26.6. The largest absolute Gasteiger partial charge is 0.344 e. The van der Waals surface area contributed by atoms with Crippen molar-refractivity contribution in [3.63, 3.8) is 0 Å². The van der Waals surface area contributed by atoms with E-state index in [1.807, 2.05) is 69.0 Å². The Morgan fingerprint density at radius 2 is 1.46 bits per heavy atom. The molecule has 2 aromatic carbocycles. The van der Waals surface area contributed by atoms with Crippen molar-refractivity contribution in [1.29, 1.82) is 0 Å². The number of benzene rings is 2. The Kier molecular flexibility index (Phi) is 18.0. The molecule has 0 unspecified atom stereocenters. The average Bonchev–Trinajstić information content (AvgIpc) is 3.49. The lowest BCUT2D eigenvalue weighted by Gasteiger charge is -2.27. The first kappa shape index (κ1) is 51.1. The Bertz CT molecular complexity index is 2420. The predicted molar refractivity (Wildman–Crippen MR) is 229 cm³/mol. The number of rotatable bonds is 26. The second kappa shape index (κ2) is 21.4. The van der Waals surface area contributed by atoms with Gasteiger partial charge in [-0.3, -0.25) is 13.7 Å². The van der Waals surface area contributed by atoms with E-state index in [1.165, 1.54) is 12.1 Å². The van der Waals surface area contributed by atoms with Crippen LogP contribution in [0.2, 0.25) is 0 Å². The van der Waals surface area contributed by atoms with Crippen molar-refractivity contribution < 1.29 is 75.9 Å². The third kappa shape index (κ3) is 14.8. The third-order valence-corrected chi connectivity index (χ3v) is 14.8. The van der Waals surface area contributed by atoms with Crippen molar-refractivity contribution in [2.45, 2.75) is 74.0 Å². The molecule has 0 aliphatic carbocycles. The van der Waals surface area contributed by atoms with Crippen LogP contribution in [0.15, 0.2) is 70.1 Å². The number of anilines is 1. The minimum atomic E-state index is -4.42. The number of hydroxylamine groups is 1. The van der Waals surface area contributed by atoms with Crippen LogP contribution in [0.25, 0.3) is 0 Å². The molecule has 0 spiro atoms. The molecule has 0 fully saturated rings. The maximum Gasteiger partial charge on any atom is 0.266 e. The highest BCUT2D eigenvalue weighted by molar-refractivity contribution is 7.94. The Balaban J connectivity index is 1.68. The first-order chi connectivity index (χ1) is 28.4. The zero-order chi connectivity index (χ0) is 45.3. The molecule has 20 nitrogen and oxygen atoms in total. The van der Waals surface area contributed by atoms with E-state index >= 15 is 0 Å². The van der Waals surface area contributed by atoms with Crippen LogP contribution in [-0.4, -0.2) is 112 Å². The maximum absolute atomic E-state index is 13.2. The van der Waals surface area contributed by atoms with Gasteiger partial charge >= 0.3 is 0 Å². The lowest BCUT2D eigenvalue weighted by molar-refractivity contribution is -0.438. The fraction of sp³-hybridized carbons (Fsp3) is 0.514. The molecule has 2 aliphatic heterocycles. The number of sulfonamides is 1. The van der Waals surface area contributed by atoms with Crippen molar-refractivity contribution in [1.82, 2.24) is 10.2 Å². The molecule has 0 aromatic heterocycles. The SMILES string of the molecule is CC1(C)C(C=C/C=C2/N(CCCCS(=O)(=O)O)c3ccc(S(=O)(=O)NCCS(=O)(=O)O)cc3C2(C)C)=[N+](CCCCS(=O)(=O)O)c2ccc(SOONCCSOOO)cc21. The summed E-state index contributed by atoms with van der Waals surface area (Å²) in [4.78, 5) is 7.54. The van der Waals surface area contributed by atoms with Crippen molar-refractivity contribution in [2.24, 2.45) is 0 Å². The number of hydrogen-bond donors (Lipinski definition) is 6. The number of unbranched alkanes of at least 4 members (excludes halogenated alkanes) is 2. The van der Waals surface area contributed by atoms with Crippen molar-refractivity contribution in [3.8, 4) is 0 Å². The number of nitrogens with one attached hydrogen (secondary N) is 2. The molecule has 0 bridgehead atoms. The number of hydrogen-bond acceptors (Lipinski definition) is 17. The van der Waals surface area contributed by atoms with Crippen molar-refractivity contribution in [3.05, 3.63) is 71.5 Å². The first-order valence-electron chi connectivity index (χ1n) is 18.7. The molecule has 2 aliphatic rings. The Morgan fingerprint density at radius 1 is 0.787 bits per heavy atom. The van der Waals surface area contributed by atoms with Crippen molar-refractivity contribution in [2.75, 3.05) is 54.1 Å². The van der Waals surface area contributed by atoms with Gasteiger partial charge in [-0.25, -0.2) is 18.4 Å². The Morgan fingerprint density at radius 3 is 2.11 bits per heavy atom. The second-order valence-electron chi connectivity index (χ2n) is 15.0. The Hall–Kier alpha value is -2.51. The molecule has 0 radical (unpaired) electrons. The Labute approximate surface area is 365 Å². The van der Waals surface area contributed by atoms with Crippen LogP contribution in [-0.2, 0) is 69.9 Å². The quantitative estimate of drug-likeness (QED) is 0.0191. The summed E-state index contributed by atoms with van der Waals surface area (Å²) in [6.45, 7) is 8.33. The summed E-state index contributed by atoms with van der Waals surface area (Å²) in [5.41, 5.74) is 5.83. The lowest BCUT2D eigenvalue weighted by atomic mass is 9.81. The van der Waals surface area contributed by atoms with Crippen LogP contribution in [0.5, 0.6) is 0 Å². The minimum absolute atomic E-state index is 0.131. The standard InChI is InChI=1S/C35H50N4O16S6/c1-34(2)28-24-26(57-54-52-36-16-20-56-55-53-40)12-14-30(28)38(18-5-7-21-58(41,42)43)32(34)10-9-11-33-35(3,4)29-25-27(61(50,51)37-17-23-60(47,48)49)13-15-31(29)39(33)19-6-8-22-59(44,45)46/h9-15,24-25,36-37H,5-8,16-23H2,1-4H3,(H3-,40,41,42,43,44,45,46,47,48,49)/p+1. The van der Waals surface area contributed by atoms with Gasteiger partial charge in [0.2, 0.25) is 15.7 Å². The van der Waals surface area contributed by atoms with Gasteiger partial charge in [0.25, 0.3) is 30.4 Å². The minimum Gasteiger partial charge on any atom is -0.344 e. The lowest BCUT2D eigenvalue weighted by Crippen LogP contribution is -2.29. The molecule has 0 saturated heterocycles. The average molecular weight is 976 g/mol. The fourth-order valence-electron chi connectivity index (χ4n) is 7.00. The zero-order valence-corrected chi connectivity index (χ0v) is 38.6. The van der Waals surface area contributed by atoms with Crippen LogP contribution in [0, 0.1) is 0 Å². The monoisotopic (exact) mass is 975 g/mol. The molecule has 0 saturated carbocycles. The molecule has 342 valence electrons. The molecule has 6 N–H and O–H groups in total. The van der Waals surface area contributed by atoms with E-state index in [9.17, 15) is 42.8 Å². The van der Waals surface area contributed by atoms with Gasteiger partial charge in [-0.1, -0.05) is 25.0 Å². The van der Waals surface area contributed by atoms with Gasteiger partial charge in [0, 0.05) is 83.3 Å². The van der Waals surface area contributed by atoms with Gasteiger partial charge in [-0.15, -0.1) is 13.7 Å². The van der Waals surface area contributed by atoms with Crippen LogP contribution in [0.4, 0.5) is 11.4 Å². The van der Waals surface area contributed by atoms with E-state index in [0.29, 0.717) is 54.4 Å². The fourth-order valence-corrected chi connectivity index (χ4v) is 10.4. The van der Waals surface area contributed by atoms with Crippen molar-refractivity contribution >= 4 is 81.5 Å². The highest BCUT2D eigenvalue weighted by atomic mass is 32.2. The van der Waals surface area contributed by atoms with Gasteiger partial charge in [0.15, 0.2) is 5.71 Å². The summed E-state index contributed by atoms with van der Waals surface area (Å²) in [6.07, 6.45) is 6.80. The van der Waals surface area contributed by atoms with E-state index in [2.05, 4.69) is 24.1 Å². The van der Waals surface area contributed by atoms with E-state index in [-0.39, 0.29) is 17.7 Å². The summed E-state index contributed by atoms with van der Waals surface area (Å²) >= 11 is 1.80. The van der Waals surface area contributed by atoms with Gasteiger partial charge in [0.05, 0.1) is 39.6 Å². The van der Waals surface area contributed by atoms with Gasteiger partial charge in [-0.05, 0) is 75.1 Å². The van der Waals surface area contributed by atoms with Crippen LogP contribution in [0.3, 0.4) is 0 Å². The van der Waals surface area contributed by atoms with Crippen LogP contribution >= 0.6 is 24.1 Å². The van der Waals surface area contributed by atoms with E-state index in [4.69, 9.17) is 19.1 Å². The van der Waals surface area contributed by atoms with E-state index in [0.717, 1.165) is 46.7 Å². The summed E-state index contributed by atoms with van der Waals surface area (Å²) < 4.78 is 136. The predicted octanol–water partition coefficient (Wildman–Crippen LogP) is 4.33. The summed E-state index contributed by atoms with van der Waals surface area (Å²) in [7, 11) is -17.0. The highest BCUT2D eigenvalue weighted by Gasteiger charge is 2.45. The smallest absolute Gasteiger partial charge is 0.266 e. The highest BCUT2D eigenvalue weighted by Crippen LogP contribution is 2.49. The van der Waals surface area contributed by atoms with E-state index in [1.54, 1.807) is 6.07 Å². The van der Waals surface area contributed by atoms with E-state index < -0.39 is 75.0 Å². The van der Waals surface area contributed by atoms with Crippen LogP contribution < -0.4 is 15.1 Å². The maximum atomic E-state index is 13.2. The number of fused-ring (bicyclic) bond motifs is 2. The second-order valence-corrected chi connectivity index (χ2v) is 23.0. The zero-order valence-electron chi connectivity index (χ0n) is 33.7. The summed E-state index contributed by atoms with van der Waals surface area (Å²) in [5, 5.41) is 11.7. The molecular formula is C35H51N4O16S6+. The molecule has 26 heteroatoms. The van der Waals surface area contributed by atoms with Crippen LogP contribution in [0.1, 0.15) is 64.5 Å².